The van der Waals surface area contributed by atoms with E-state index in [9.17, 15) is 9.59 Å². The summed E-state index contributed by atoms with van der Waals surface area (Å²) in [5, 5.41) is 12.4. The highest BCUT2D eigenvalue weighted by Gasteiger charge is 2.37. The van der Waals surface area contributed by atoms with Gasteiger partial charge >= 0.3 is 11.9 Å². The Morgan fingerprint density at radius 1 is 1.36 bits per heavy atom. The fraction of sp³-hybridized carbons (Fsp3) is 0.611. The SMILES string of the molecule is CCOC(=O)c1ccc(NC2CC(N(CC(=O)O)CC3CC3)C2)nc1. The van der Waals surface area contributed by atoms with Crippen molar-refractivity contribution in [1.29, 1.82) is 0 Å². The number of hydrogen-bond acceptors (Lipinski definition) is 6. The van der Waals surface area contributed by atoms with Crippen molar-refractivity contribution in [3.05, 3.63) is 23.9 Å². The van der Waals surface area contributed by atoms with Gasteiger partial charge in [0.25, 0.3) is 0 Å². The highest BCUT2D eigenvalue weighted by atomic mass is 16.5. The molecule has 1 aromatic heterocycles. The van der Waals surface area contributed by atoms with E-state index in [1.807, 2.05) is 0 Å². The zero-order chi connectivity index (χ0) is 17.8. The molecule has 0 aromatic carbocycles. The first-order valence-electron chi connectivity index (χ1n) is 8.90. The number of rotatable bonds is 9. The lowest BCUT2D eigenvalue weighted by molar-refractivity contribution is -0.139. The molecule has 7 heteroatoms. The zero-order valence-electron chi connectivity index (χ0n) is 14.5. The summed E-state index contributed by atoms with van der Waals surface area (Å²) in [5.74, 6) is 0.287. The van der Waals surface area contributed by atoms with Crippen molar-refractivity contribution in [3.63, 3.8) is 0 Å². The number of aromatic nitrogens is 1. The lowest BCUT2D eigenvalue weighted by atomic mass is 9.85. The van der Waals surface area contributed by atoms with Gasteiger partial charge in [0, 0.05) is 24.8 Å². The number of carbonyl (C=O) groups is 2. The van der Waals surface area contributed by atoms with Gasteiger partial charge in [0.2, 0.25) is 0 Å². The van der Waals surface area contributed by atoms with Crippen molar-refractivity contribution < 1.29 is 19.4 Å². The number of nitrogens with one attached hydrogen (secondary N) is 1. The second kappa shape index (κ2) is 7.82. The van der Waals surface area contributed by atoms with Crippen LogP contribution in [0.1, 0.15) is 43.0 Å². The van der Waals surface area contributed by atoms with Gasteiger partial charge in [0.05, 0.1) is 18.7 Å². The van der Waals surface area contributed by atoms with Crippen LogP contribution >= 0.6 is 0 Å². The molecule has 0 amide bonds. The Morgan fingerprint density at radius 2 is 2.12 bits per heavy atom. The van der Waals surface area contributed by atoms with Gasteiger partial charge in [-0.15, -0.1) is 0 Å². The number of carbonyl (C=O) groups excluding carboxylic acids is 1. The highest BCUT2D eigenvalue weighted by molar-refractivity contribution is 5.89. The summed E-state index contributed by atoms with van der Waals surface area (Å²) < 4.78 is 4.94. The highest BCUT2D eigenvalue weighted by Crippen LogP contribution is 2.34. The molecule has 2 aliphatic carbocycles. The lowest BCUT2D eigenvalue weighted by Crippen LogP contribution is -2.52. The molecule has 0 unspecified atom stereocenters. The fourth-order valence-electron chi connectivity index (χ4n) is 3.18. The number of nitrogens with zero attached hydrogens (tertiary/aromatic N) is 2. The number of carboxylic acids is 1. The van der Waals surface area contributed by atoms with Crippen LogP contribution in [-0.4, -0.2) is 58.7 Å². The van der Waals surface area contributed by atoms with Gasteiger partial charge < -0.3 is 15.2 Å². The Kier molecular flexibility index (Phi) is 5.53. The van der Waals surface area contributed by atoms with E-state index >= 15 is 0 Å². The molecule has 2 aliphatic rings. The van der Waals surface area contributed by atoms with Crippen LogP contribution in [0.4, 0.5) is 5.82 Å². The van der Waals surface area contributed by atoms with Crippen molar-refractivity contribution in [3.8, 4) is 0 Å². The lowest BCUT2D eigenvalue weighted by Gasteiger charge is -2.43. The Morgan fingerprint density at radius 3 is 2.68 bits per heavy atom. The van der Waals surface area contributed by atoms with E-state index in [1.54, 1.807) is 19.1 Å². The first kappa shape index (κ1) is 17.7. The standard InChI is InChI=1S/C18H25N3O4/c1-2-25-18(24)13-5-6-16(19-9-13)20-14-7-15(8-14)21(11-17(22)23)10-12-3-4-12/h5-6,9,12,14-15H,2-4,7-8,10-11H2,1H3,(H,19,20)(H,22,23). The normalized spacial score (nSPS) is 22.3. The second-order valence-corrected chi connectivity index (χ2v) is 6.89. The third-order valence-electron chi connectivity index (χ3n) is 4.78. The number of aliphatic carboxylic acids is 1. The number of carboxylic acid groups (broad SMARTS) is 1. The minimum Gasteiger partial charge on any atom is -0.480 e. The van der Waals surface area contributed by atoms with Crippen molar-refractivity contribution in [2.45, 2.75) is 44.7 Å². The van der Waals surface area contributed by atoms with Crippen molar-refractivity contribution in [1.82, 2.24) is 9.88 Å². The summed E-state index contributed by atoms with van der Waals surface area (Å²) in [7, 11) is 0. The zero-order valence-corrected chi connectivity index (χ0v) is 14.5. The maximum absolute atomic E-state index is 11.6. The molecular formula is C18H25N3O4. The third kappa shape index (κ3) is 4.92. The second-order valence-electron chi connectivity index (χ2n) is 6.89. The summed E-state index contributed by atoms with van der Waals surface area (Å²) in [4.78, 5) is 29.0. The quantitative estimate of drug-likeness (QED) is 0.660. The van der Waals surface area contributed by atoms with E-state index in [2.05, 4.69) is 15.2 Å². The monoisotopic (exact) mass is 347 g/mol. The van der Waals surface area contributed by atoms with Gasteiger partial charge in [-0.05, 0) is 50.7 Å². The molecule has 7 nitrogen and oxygen atoms in total. The number of anilines is 1. The van der Waals surface area contributed by atoms with E-state index in [-0.39, 0.29) is 12.5 Å². The van der Waals surface area contributed by atoms with Crippen LogP contribution < -0.4 is 5.32 Å². The predicted octanol–water partition coefficient (Wildman–Crippen LogP) is 2.00. The molecule has 0 bridgehead atoms. The van der Waals surface area contributed by atoms with Crippen molar-refractivity contribution in [2.75, 3.05) is 25.0 Å². The average Bonchev–Trinajstić information content (AvgIpc) is 3.34. The minimum atomic E-state index is -0.756. The summed E-state index contributed by atoms with van der Waals surface area (Å²) in [6.45, 7) is 3.14. The molecule has 25 heavy (non-hydrogen) atoms. The predicted molar refractivity (Wildman–Crippen MR) is 92.6 cm³/mol. The van der Waals surface area contributed by atoms with Crippen LogP contribution in [0, 0.1) is 5.92 Å². The van der Waals surface area contributed by atoms with E-state index in [0.29, 0.717) is 30.2 Å². The molecule has 2 N–H and O–H groups in total. The molecule has 0 aliphatic heterocycles. The maximum atomic E-state index is 11.6. The summed E-state index contributed by atoms with van der Waals surface area (Å²) in [6.07, 6.45) is 5.80. The van der Waals surface area contributed by atoms with E-state index < -0.39 is 5.97 Å². The summed E-state index contributed by atoms with van der Waals surface area (Å²) >= 11 is 0. The molecule has 2 fully saturated rings. The van der Waals surface area contributed by atoms with Crippen molar-refractivity contribution >= 4 is 17.8 Å². The molecule has 0 atom stereocenters. The molecule has 1 aromatic rings. The van der Waals surface area contributed by atoms with Crippen LogP contribution in [0.2, 0.25) is 0 Å². The average molecular weight is 347 g/mol. The number of hydrogen-bond donors (Lipinski definition) is 2. The van der Waals surface area contributed by atoms with Crippen LogP contribution in [0.15, 0.2) is 18.3 Å². The fourth-order valence-corrected chi connectivity index (χ4v) is 3.18. The van der Waals surface area contributed by atoms with Gasteiger partial charge in [-0.25, -0.2) is 9.78 Å². The molecule has 136 valence electrons. The molecule has 0 saturated heterocycles. The smallest absolute Gasteiger partial charge is 0.339 e. The maximum Gasteiger partial charge on any atom is 0.339 e. The minimum absolute atomic E-state index is 0.125. The Hall–Kier alpha value is -2.15. The third-order valence-corrected chi connectivity index (χ3v) is 4.78. The number of ether oxygens (including phenoxy) is 1. The molecule has 3 rings (SSSR count). The van der Waals surface area contributed by atoms with Gasteiger partial charge in [0.1, 0.15) is 5.82 Å². The first-order valence-corrected chi connectivity index (χ1v) is 8.90. The van der Waals surface area contributed by atoms with Crippen LogP contribution in [-0.2, 0) is 9.53 Å². The Bertz CT molecular complexity index is 609. The van der Waals surface area contributed by atoms with Crippen LogP contribution in [0.5, 0.6) is 0 Å². The van der Waals surface area contributed by atoms with E-state index in [0.717, 1.165) is 25.2 Å². The van der Waals surface area contributed by atoms with Gasteiger partial charge in [-0.3, -0.25) is 9.69 Å². The largest absolute Gasteiger partial charge is 0.480 e. The molecular weight excluding hydrogens is 322 g/mol. The number of pyridine rings is 1. The number of esters is 1. The van der Waals surface area contributed by atoms with Crippen LogP contribution in [0.25, 0.3) is 0 Å². The van der Waals surface area contributed by atoms with Gasteiger partial charge in [0.15, 0.2) is 0 Å². The Labute approximate surface area is 147 Å². The van der Waals surface area contributed by atoms with Gasteiger partial charge in [-0.2, -0.15) is 0 Å². The summed E-state index contributed by atoms with van der Waals surface area (Å²) in [5.41, 5.74) is 0.441. The molecule has 2 saturated carbocycles. The topological polar surface area (TPSA) is 91.8 Å². The van der Waals surface area contributed by atoms with Crippen LogP contribution in [0.3, 0.4) is 0 Å². The van der Waals surface area contributed by atoms with E-state index in [1.165, 1.54) is 19.0 Å². The summed E-state index contributed by atoms with van der Waals surface area (Å²) in [6, 6.07) is 4.10. The molecule has 1 heterocycles. The first-order chi connectivity index (χ1) is 12.0. The Balaban J connectivity index is 1.47. The molecule has 0 spiro atoms. The van der Waals surface area contributed by atoms with Gasteiger partial charge in [-0.1, -0.05) is 0 Å². The van der Waals surface area contributed by atoms with E-state index in [4.69, 9.17) is 9.84 Å². The molecule has 0 radical (unpaired) electrons. The van der Waals surface area contributed by atoms with Crippen molar-refractivity contribution in [2.24, 2.45) is 5.92 Å².